The summed E-state index contributed by atoms with van der Waals surface area (Å²) in [5, 5.41) is 11.1. The van der Waals surface area contributed by atoms with Gasteiger partial charge in [0.25, 0.3) is 0 Å². The van der Waals surface area contributed by atoms with Gasteiger partial charge in [-0.2, -0.15) is 5.10 Å². The van der Waals surface area contributed by atoms with Gasteiger partial charge < -0.3 is 15.5 Å². The number of aryl methyl sites for hydroxylation is 1. The van der Waals surface area contributed by atoms with Crippen LogP contribution in [-0.4, -0.2) is 46.9 Å². The lowest BCUT2D eigenvalue weighted by Crippen LogP contribution is -2.41. The number of carbonyl (C=O) groups is 1. The van der Waals surface area contributed by atoms with E-state index in [9.17, 15) is 4.79 Å². The molecular formula is C31H43N5O. The van der Waals surface area contributed by atoms with Gasteiger partial charge in [0, 0.05) is 37.7 Å². The largest absolute Gasteiger partial charge is 0.338 e. The molecule has 0 aliphatic carbocycles. The molecule has 0 saturated carbocycles. The Morgan fingerprint density at radius 3 is 2.35 bits per heavy atom. The second kappa shape index (κ2) is 13.4. The maximum absolute atomic E-state index is 12.5. The Balaban J connectivity index is 1.32. The molecule has 198 valence electrons. The van der Waals surface area contributed by atoms with E-state index in [0.29, 0.717) is 18.4 Å². The molecule has 1 aliphatic heterocycles. The topological polar surface area (TPSA) is 62.2 Å². The molecule has 2 amide bonds. The number of benzene rings is 2. The maximum Gasteiger partial charge on any atom is 0.315 e. The summed E-state index contributed by atoms with van der Waals surface area (Å²) in [5.41, 5.74) is 5.02. The van der Waals surface area contributed by atoms with E-state index in [1.54, 1.807) is 0 Å². The van der Waals surface area contributed by atoms with Gasteiger partial charge in [0.15, 0.2) is 0 Å². The number of hydrogen-bond acceptors (Lipinski definition) is 3. The molecule has 1 aliphatic rings. The van der Waals surface area contributed by atoms with Crippen LogP contribution in [0.3, 0.4) is 0 Å². The highest BCUT2D eigenvalue weighted by Crippen LogP contribution is 2.30. The first-order valence-corrected chi connectivity index (χ1v) is 13.9. The van der Waals surface area contributed by atoms with Crippen LogP contribution in [0.15, 0.2) is 66.7 Å². The first-order valence-electron chi connectivity index (χ1n) is 13.9. The number of aromatic nitrogens is 2. The number of likely N-dealkylation sites (tertiary alicyclic amines) is 1. The summed E-state index contributed by atoms with van der Waals surface area (Å²) in [6.45, 7) is 11.1. The van der Waals surface area contributed by atoms with E-state index < -0.39 is 0 Å². The molecule has 0 radical (unpaired) electrons. The Morgan fingerprint density at radius 1 is 1.03 bits per heavy atom. The van der Waals surface area contributed by atoms with Crippen molar-refractivity contribution < 1.29 is 4.79 Å². The number of rotatable bonds is 11. The summed E-state index contributed by atoms with van der Waals surface area (Å²) < 4.78 is 2.21. The quantitative estimate of drug-likeness (QED) is 0.351. The van der Waals surface area contributed by atoms with Crippen molar-refractivity contribution in [3.8, 4) is 0 Å². The fourth-order valence-electron chi connectivity index (χ4n) is 5.24. The summed E-state index contributed by atoms with van der Waals surface area (Å²) in [6.07, 6.45) is 4.08. The van der Waals surface area contributed by atoms with Gasteiger partial charge >= 0.3 is 6.03 Å². The molecule has 1 fully saturated rings. The first kappa shape index (κ1) is 26.9. The van der Waals surface area contributed by atoms with Crippen LogP contribution in [0.25, 0.3) is 0 Å². The lowest BCUT2D eigenvalue weighted by atomic mass is 9.92. The van der Waals surface area contributed by atoms with Gasteiger partial charge in [0.1, 0.15) is 0 Å². The normalized spacial score (nSPS) is 15.6. The number of urea groups is 1. The van der Waals surface area contributed by atoms with Crippen molar-refractivity contribution in [2.45, 2.75) is 65.0 Å². The van der Waals surface area contributed by atoms with Gasteiger partial charge in [0.2, 0.25) is 0 Å². The summed E-state index contributed by atoms with van der Waals surface area (Å²) in [5.74, 6) is 0.985. The van der Waals surface area contributed by atoms with Crippen LogP contribution in [-0.2, 0) is 13.0 Å². The van der Waals surface area contributed by atoms with Gasteiger partial charge in [-0.15, -0.1) is 0 Å². The van der Waals surface area contributed by atoms with Crippen LogP contribution in [0.1, 0.15) is 74.5 Å². The molecule has 1 saturated heterocycles. The Bertz CT molecular complexity index is 1090. The molecular weight excluding hydrogens is 458 g/mol. The Kier molecular flexibility index (Phi) is 9.78. The summed E-state index contributed by atoms with van der Waals surface area (Å²) in [4.78, 5) is 15.1. The van der Waals surface area contributed by atoms with Gasteiger partial charge in [-0.3, -0.25) is 4.68 Å². The average Bonchev–Trinajstić information content (AvgIpc) is 3.34. The third-order valence-corrected chi connectivity index (χ3v) is 7.31. The van der Waals surface area contributed by atoms with E-state index >= 15 is 0 Å². The zero-order valence-electron chi connectivity index (χ0n) is 22.7. The highest BCUT2D eigenvalue weighted by Gasteiger charge is 2.25. The van der Waals surface area contributed by atoms with Crippen LogP contribution in [0.5, 0.6) is 0 Å². The van der Waals surface area contributed by atoms with E-state index in [-0.39, 0.29) is 12.1 Å². The molecule has 4 rings (SSSR count). The average molecular weight is 502 g/mol. The van der Waals surface area contributed by atoms with Crippen LogP contribution >= 0.6 is 0 Å². The van der Waals surface area contributed by atoms with Gasteiger partial charge in [-0.1, -0.05) is 74.5 Å². The molecule has 0 unspecified atom stereocenters. The number of piperidine rings is 1. The van der Waals surface area contributed by atoms with Crippen LogP contribution < -0.4 is 10.6 Å². The van der Waals surface area contributed by atoms with Crippen molar-refractivity contribution in [2.75, 3.05) is 26.2 Å². The first-order chi connectivity index (χ1) is 18.0. The predicted molar refractivity (Wildman–Crippen MR) is 151 cm³/mol. The highest BCUT2D eigenvalue weighted by atomic mass is 16.2. The van der Waals surface area contributed by atoms with Gasteiger partial charge in [0.05, 0.1) is 11.7 Å². The van der Waals surface area contributed by atoms with E-state index in [4.69, 9.17) is 5.10 Å². The summed E-state index contributed by atoms with van der Waals surface area (Å²) in [6, 6.07) is 23.2. The van der Waals surface area contributed by atoms with Crippen molar-refractivity contribution in [1.82, 2.24) is 25.3 Å². The lowest BCUT2D eigenvalue weighted by molar-refractivity contribution is 0.197. The molecule has 1 atom stereocenters. The van der Waals surface area contributed by atoms with E-state index in [1.807, 2.05) is 18.2 Å². The van der Waals surface area contributed by atoms with Gasteiger partial charge in [-0.25, -0.2) is 4.79 Å². The summed E-state index contributed by atoms with van der Waals surface area (Å²) >= 11 is 0. The zero-order valence-corrected chi connectivity index (χ0v) is 22.7. The molecule has 2 N–H and O–H groups in total. The second-order valence-electron chi connectivity index (χ2n) is 10.7. The molecule has 2 heterocycles. The van der Waals surface area contributed by atoms with E-state index in [0.717, 1.165) is 63.1 Å². The van der Waals surface area contributed by atoms with Crippen LogP contribution in [0.4, 0.5) is 4.79 Å². The van der Waals surface area contributed by atoms with Gasteiger partial charge in [-0.05, 0) is 62.4 Å². The molecule has 6 heteroatoms. The number of nitrogens with zero attached hydrogens (tertiary/aromatic N) is 3. The highest BCUT2D eigenvalue weighted by molar-refractivity contribution is 5.74. The standard InChI is InChI=1S/C31H43N5O/c1-4-36-30(22-28(34-36)21-25-11-7-5-8-12-25)27-15-18-35(19-16-27)20-17-29(26-13-9-6-10-14-26)33-31(37)32-23-24(2)3/h5-14,22,24,27,29H,4,15-21,23H2,1-3H3,(H2,32,33,37)/t29-/m0/s1. The lowest BCUT2D eigenvalue weighted by Gasteiger charge is -2.33. The fourth-order valence-corrected chi connectivity index (χ4v) is 5.24. The van der Waals surface area contributed by atoms with E-state index in [2.05, 4.69) is 89.5 Å². The minimum Gasteiger partial charge on any atom is -0.338 e. The molecule has 0 bridgehead atoms. The molecule has 3 aromatic rings. The maximum atomic E-state index is 12.5. The minimum atomic E-state index is -0.0830. The van der Waals surface area contributed by atoms with Crippen molar-refractivity contribution in [1.29, 1.82) is 0 Å². The number of amides is 2. The fraction of sp³-hybridized carbons (Fsp3) is 0.484. The second-order valence-corrected chi connectivity index (χ2v) is 10.7. The van der Waals surface area contributed by atoms with Crippen LogP contribution in [0.2, 0.25) is 0 Å². The molecule has 37 heavy (non-hydrogen) atoms. The predicted octanol–water partition coefficient (Wildman–Crippen LogP) is 5.76. The third kappa shape index (κ3) is 7.93. The Hall–Kier alpha value is -3.12. The Morgan fingerprint density at radius 2 is 1.70 bits per heavy atom. The molecule has 1 aromatic heterocycles. The van der Waals surface area contributed by atoms with Crippen molar-refractivity contribution in [3.63, 3.8) is 0 Å². The summed E-state index contributed by atoms with van der Waals surface area (Å²) in [7, 11) is 0. The third-order valence-electron chi connectivity index (χ3n) is 7.31. The van der Waals surface area contributed by atoms with E-state index in [1.165, 1.54) is 11.3 Å². The number of nitrogens with one attached hydrogen (secondary N) is 2. The Labute approximate surface area is 222 Å². The smallest absolute Gasteiger partial charge is 0.315 e. The zero-order chi connectivity index (χ0) is 26.0. The molecule has 6 nitrogen and oxygen atoms in total. The van der Waals surface area contributed by atoms with Crippen molar-refractivity contribution in [3.05, 3.63) is 89.2 Å². The number of hydrogen-bond donors (Lipinski definition) is 2. The number of carbonyl (C=O) groups excluding carboxylic acids is 1. The monoisotopic (exact) mass is 501 g/mol. The van der Waals surface area contributed by atoms with Crippen molar-refractivity contribution in [2.24, 2.45) is 5.92 Å². The SMILES string of the molecule is CCn1nc(Cc2ccccc2)cc1C1CCN(CC[C@H](NC(=O)NCC(C)C)c2ccccc2)CC1. The minimum absolute atomic E-state index is 0.00755. The van der Waals surface area contributed by atoms with Crippen molar-refractivity contribution >= 4 is 6.03 Å². The molecule has 0 spiro atoms. The van der Waals surface area contributed by atoms with Crippen LogP contribution in [0, 0.1) is 5.92 Å². The molecule has 2 aromatic carbocycles.